The van der Waals surface area contributed by atoms with Gasteiger partial charge in [-0.25, -0.2) is 0 Å². The summed E-state index contributed by atoms with van der Waals surface area (Å²) in [4.78, 5) is 0. The van der Waals surface area contributed by atoms with Gasteiger partial charge in [0.25, 0.3) is 0 Å². The first-order chi connectivity index (χ1) is 31.2. The predicted molar refractivity (Wildman–Crippen MR) is 271 cm³/mol. The number of fused-ring (bicyclic) bond motifs is 8. The van der Waals surface area contributed by atoms with Crippen molar-refractivity contribution >= 4 is 42.8 Å². The number of benzene rings is 6. The quantitative estimate of drug-likeness (QED) is 0.122. The summed E-state index contributed by atoms with van der Waals surface area (Å²) in [6.45, 7) is 8.87. The molecule has 0 N–H and O–H groups in total. The predicted octanol–water partition coefficient (Wildman–Crippen LogP) is 7.84. The summed E-state index contributed by atoms with van der Waals surface area (Å²) < 4.78 is 0. The molecule has 324 valence electrons. The van der Waals surface area contributed by atoms with Crippen molar-refractivity contribution in [3.8, 4) is 0 Å². The van der Waals surface area contributed by atoms with Crippen LogP contribution in [0.5, 0.6) is 0 Å². The van der Waals surface area contributed by atoms with Crippen molar-refractivity contribution in [3.63, 3.8) is 0 Å². The van der Waals surface area contributed by atoms with E-state index in [1.54, 1.807) is 46.7 Å². The molecule has 0 spiro atoms. The number of hydrogen-bond donors (Lipinski definition) is 0. The van der Waals surface area contributed by atoms with Crippen LogP contribution < -0.4 is 35.2 Å². The van der Waals surface area contributed by atoms with E-state index in [0.717, 1.165) is 0 Å². The van der Waals surface area contributed by atoms with Gasteiger partial charge in [-0.3, -0.25) is 0 Å². The summed E-state index contributed by atoms with van der Waals surface area (Å²) in [5.74, 6) is 0.909. The van der Waals surface area contributed by atoms with E-state index in [0.29, 0.717) is 11.8 Å². The molecule has 0 aromatic heterocycles. The second-order valence-electron chi connectivity index (χ2n) is 16.2. The Bertz CT molecular complexity index is 2770. The Labute approximate surface area is 436 Å². The minimum Gasteiger partial charge on any atom is -0.168 e. The van der Waals surface area contributed by atoms with E-state index in [1.165, 1.54) is 76.4 Å². The zero-order valence-corrected chi connectivity index (χ0v) is 46.3. The van der Waals surface area contributed by atoms with Crippen LogP contribution in [0.2, 0.25) is 13.1 Å². The maximum absolute atomic E-state index is 3.46. The first-order valence-corrected chi connectivity index (χ1v) is 33.2. The van der Waals surface area contributed by atoms with Gasteiger partial charge in [0.1, 0.15) is 0 Å². The third-order valence-electron chi connectivity index (χ3n) is 10.9. The van der Waals surface area contributed by atoms with E-state index < -0.39 is 5.43 Å². The van der Waals surface area contributed by atoms with Crippen LogP contribution >= 0.6 is 0 Å². The van der Waals surface area contributed by atoms with E-state index in [1.807, 2.05) is 0 Å². The van der Waals surface area contributed by atoms with Crippen LogP contribution in [0.25, 0.3) is 21.5 Å². The van der Waals surface area contributed by atoms with Crippen LogP contribution in [0.3, 0.4) is 0 Å². The molecule has 8 aromatic rings. The van der Waals surface area contributed by atoms with Crippen molar-refractivity contribution in [1.29, 1.82) is 0 Å². The molecule has 12 rings (SSSR count). The molecule has 0 nitrogen and oxygen atoms in total. The molecule has 0 saturated carbocycles. The molecule has 6 heteroatoms. The van der Waals surface area contributed by atoms with Gasteiger partial charge in [0.05, 0.1) is 0 Å². The van der Waals surface area contributed by atoms with Crippen LogP contribution in [-0.2, 0) is 46.7 Å². The van der Waals surface area contributed by atoms with E-state index in [4.69, 9.17) is 0 Å². The fourth-order valence-electron chi connectivity index (χ4n) is 7.79. The third-order valence-corrected chi connectivity index (χ3v) is 17.0. The molecule has 66 heavy (non-hydrogen) atoms. The summed E-state index contributed by atoms with van der Waals surface area (Å²) in [5, 5.41) is 8.36. The molecular formula is C60H52Cl2Si2Zr2-2. The Morgan fingerprint density at radius 1 is 0.470 bits per heavy atom. The maximum Gasteiger partial charge on any atom is -0.0809 e. The van der Waals surface area contributed by atoms with Gasteiger partial charge in [0.15, 0.2) is 0 Å². The van der Waals surface area contributed by atoms with Crippen molar-refractivity contribution in [3.05, 3.63) is 287 Å². The minimum absolute atomic E-state index is 0. The maximum atomic E-state index is 3.46. The van der Waals surface area contributed by atoms with Gasteiger partial charge in [0, 0.05) is 0 Å². The molecule has 4 aliphatic carbocycles. The summed E-state index contributed by atoms with van der Waals surface area (Å²) in [6, 6.07) is 64.2. The molecule has 2 atom stereocenters. The zero-order chi connectivity index (χ0) is 44.7. The van der Waals surface area contributed by atoms with Gasteiger partial charge >= 0.3 is 142 Å². The number of halogens is 2. The number of aryl methyl sites for hydroxylation is 2. The van der Waals surface area contributed by atoms with Gasteiger partial charge in [-0.1, -0.05) is 59.7 Å². The smallest absolute Gasteiger partial charge is 0.0809 e. The molecule has 0 heterocycles. The summed E-state index contributed by atoms with van der Waals surface area (Å²) >= 11 is 3.38. The zero-order valence-electron chi connectivity index (χ0n) is 37.8. The Kier molecular flexibility index (Phi) is 21.5. The average molecular weight is 1080 g/mol. The second kappa shape index (κ2) is 26.9. The van der Waals surface area contributed by atoms with Crippen molar-refractivity contribution < 1.29 is 71.5 Å². The molecule has 0 amide bonds. The first kappa shape index (κ1) is 52.7. The van der Waals surface area contributed by atoms with Crippen LogP contribution in [0.4, 0.5) is 0 Å². The van der Waals surface area contributed by atoms with Crippen LogP contribution in [0.15, 0.2) is 242 Å². The Morgan fingerprint density at radius 2 is 0.848 bits per heavy atom. The fraction of sp³-hybridized carbons (Fsp3) is 0.100. The van der Waals surface area contributed by atoms with Crippen LogP contribution in [0.1, 0.15) is 45.2 Å². The normalized spacial score (nSPS) is 14.5. The first-order valence-electron chi connectivity index (χ1n) is 21.8. The summed E-state index contributed by atoms with van der Waals surface area (Å²) in [6.07, 6.45) is 24.1. The summed E-state index contributed by atoms with van der Waals surface area (Å²) in [5.41, 5.74) is 10.3. The molecule has 0 bridgehead atoms. The Morgan fingerprint density at radius 3 is 1.24 bits per heavy atom. The van der Waals surface area contributed by atoms with Crippen molar-refractivity contribution in [2.45, 2.75) is 38.8 Å². The van der Waals surface area contributed by atoms with Crippen molar-refractivity contribution in [1.82, 2.24) is 0 Å². The topological polar surface area (TPSA) is 0 Å². The monoisotopic (exact) mass is 1080 g/mol. The third kappa shape index (κ3) is 14.9. The molecule has 2 unspecified atom stereocenters. The molecule has 0 aliphatic heterocycles. The molecule has 0 fully saturated rings. The van der Waals surface area contributed by atoms with Crippen LogP contribution in [0, 0.1) is 26.0 Å². The largest absolute Gasteiger partial charge is 0.168 e. The van der Waals surface area contributed by atoms with Gasteiger partial charge in [-0.2, -0.15) is 35.0 Å². The SMILES string of the molecule is C[Si](C)=[Zr+2].Cc1ccc2c(c1)[C-]=C1C=CC=CC12.Cc1ccc2c(c1)[C-]=C1C=CC=CC12.[Cl-].[Cl-].[Zr+2]=[Si](c1ccccc1)c1ccccc1.c1ccc2[cH-]ccc2c1.c1ccc2[cH-]ccc2c1. The molecular weight excluding hydrogens is 1030 g/mol. The molecule has 8 aromatic carbocycles. The Hall–Kier alpha value is -4.24. The average Bonchev–Trinajstić information content (AvgIpc) is 4.15. The van der Waals surface area contributed by atoms with E-state index in [9.17, 15) is 0 Å². The fourth-order valence-corrected chi connectivity index (χ4v) is 11.6. The van der Waals surface area contributed by atoms with Gasteiger partial charge in [-0.15, -0.1) is 153 Å². The minimum atomic E-state index is -0.455. The standard InChI is InChI=1S/2C14H11.C12H10Si.2C9H7.C2H6Si.2ClH.2Zr/c2*1-10-6-7-14-12(8-10)9-11-4-2-3-5-13(11)14;1-3-7-11(8-4-1)13-12-9-5-2-6-10-12;2*1-2-5-9-7-3-6-8(9)4-1;1-3-2;;;;/h2*2-8,13H,1H3;1-10H;2*1-7H;1-2H3;2*1H;;/q2*-1;;2*-1;;;;2*+2/p-2. The molecule has 0 saturated heterocycles. The van der Waals surface area contributed by atoms with Gasteiger partial charge in [0.2, 0.25) is 0 Å². The second-order valence-corrected chi connectivity index (χ2v) is 31.2. The number of rotatable bonds is 2. The van der Waals surface area contributed by atoms with E-state index in [2.05, 4.69) is 270 Å². The van der Waals surface area contributed by atoms with E-state index >= 15 is 0 Å². The van der Waals surface area contributed by atoms with Gasteiger partial charge < -0.3 is 24.8 Å². The summed E-state index contributed by atoms with van der Waals surface area (Å²) in [7, 11) is 0. The Balaban J connectivity index is 0.000000152. The van der Waals surface area contributed by atoms with Crippen molar-refractivity contribution in [2.24, 2.45) is 0 Å². The number of allylic oxidation sites excluding steroid dienone is 10. The van der Waals surface area contributed by atoms with Crippen LogP contribution in [-0.4, -0.2) is 10.9 Å². The molecule has 4 aliphatic rings. The van der Waals surface area contributed by atoms with Gasteiger partial charge in [-0.05, 0) is 25.7 Å². The van der Waals surface area contributed by atoms with E-state index in [-0.39, 0.29) is 30.2 Å². The molecule has 0 radical (unpaired) electrons. The number of hydrogen-bond acceptors (Lipinski definition) is 0. The van der Waals surface area contributed by atoms with Crippen molar-refractivity contribution in [2.75, 3.05) is 0 Å².